The van der Waals surface area contributed by atoms with Crippen molar-refractivity contribution in [2.75, 3.05) is 25.0 Å². The summed E-state index contributed by atoms with van der Waals surface area (Å²) in [6.45, 7) is 7.23. The van der Waals surface area contributed by atoms with Crippen LogP contribution in [0.4, 0.5) is 5.95 Å². The van der Waals surface area contributed by atoms with E-state index in [1.165, 1.54) is 0 Å². The number of nitrogens with one attached hydrogen (secondary N) is 1. The van der Waals surface area contributed by atoms with Crippen molar-refractivity contribution in [2.24, 2.45) is 0 Å². The lowest BCUT2D eigenvalue weighted by atomic mass is 10.3. The first-order valence-corrected chi connectivity index (χ1v) is 6.02. The lowest BCUT2D eigenvalue weighted by Crippen LogP contribution is -2.26. The van der Waals surface area contributed by atoms with Crippen molar-refractivity contribution >= 4 is 5.95 Å². The molecule has 0 unspecified atom stereocenters. The van der Waals surface area contributed by atoms with Crippen LogP contribution < -0.4 is 10.2 Å². The Kier molecular flexibility index (Phi) is 5.78. The number of hydrogen-bond donors (Lipinski definition) is 1. The summed E-state index contributed by atoms with van der Waals surface area (Å²) < 4.78 is 0. The predicted octanol–water partition coefficient (Wildman–Crippen LogP) is 1.82. The number of hydrogen-bond acceptors (Lipinski definition) is 4. The molecule has 1 aromatic heterocycles. The van der Waals surface area contributed by atoms with E-state index in [-0.39, 0.29) is 0 Å². The van der Waals surface area contributed by atoms with E-state index in [0.29, 0.717) is 0 Å². The number of rotatable bonds is 7. The van der Waals surface area contributed by atoms with Crippen LogP contribution in [0.2, 0.25) is 0 Å². The van der Waals surface area contributed by atoms with Crippen LogP contribution >= 0.6 is 0 Å². The number of nitrogens with zero attached hydrogens (tertiary/aromatic N) is 3. The van der Waals surface area contributed by atoms with E-state index in [0.717, 1.165) is 44.0 Å². The van der Waals surface area contributed by atoms with Gasteiger partial charge < -0.3 is 10.2 Å². The van der Waals surface area contributed by atoms with E-state index in [1.807, 2.05) is 19.4 Å². The van der Waals surface area contributed by atoms with Gasteiger partial charge in [0.15, 0.2) is 0 Å². The van der Waals surface area contributed by atoms with Crippen LogP contribution in [0.3, 0.4) is 0 Å². The summed E-state index contributed by atoms with van der Waals surface area (Å²) in [7, 11) is 1.92. The van der Waals surface area contributed by atoms with Crippen LogP contribution in [0.25, 0.3) is 0 Å². The largest absolute Gasteiger partial charge is 0.341 e. The molecule has 0 aliphatic rings. The normalized spacial score (nSPS) is 10.4. The van der Waals surface area contributed by atoms with Crippen LogP contribution in [-0.4, -0.2) is 30.1 Å². The average Bonchev–Trinajstić information content (AvgIpc) is 2.30. The Morgan fingerprint density at radius 2 is 1.69 bits per heavy atom. The molecule has 0 radical (unpaired) electrons. The zero-order chi connectivity index (χ0) is 11.8. The monoisotopic (exact) mass is 222 g/mol. The highest BCUT2D eigenvalue weighted by molar-refractivity contribution is 5.29. The van der Waals surface area contributed by atoms with Crippen LogP contribution in [-0.2, 0) is 6.54 Å². The molecule has 4 nitrogen and oxygen atoms in total. The maximum Gasteiger partial charge on any atom is 0.225 e. The van der Waals surface area contributed by atoms with Crippen molar-refractivity contribution in [3.05, 3.63) is 18.0 Å². The van der Waals surface area contributed by atoms with Crippen LogP contribution in [0.15, 0.2) is 12.4 Å². The second-order valence-electron chi connectivity index (χ2n) is 3.91. The Morgan fingerprint density at radius 1 is 1.12 bits per heavy atom. The summed E-state index contributed by atoms with van der Waals surface area (Å²) in [5.41, 5.74) is 1.12. The predicted molar refractivity (Wildman–Crippen MR) is 67.6 cm³/mol. The maximum atomic E-state index is 4.41. The Morgan fingerprint density at radius 3 is 2.12 bits per heavy atom. The minimum Gasteiger partial charge on any atom is -0.341 e. The molecular weight excluding hydrogens is 200 g/mol. The summed E-state index contributed by atoms with van der Waals surface area (Å²) in [6.07, 6.45) is 6.05. The number of anilines is 1. The van der Waals surface area contributed by atoms with Crippen molar-refractivity contribution in [1.29, 1.82) is 0 Å². The molecule has 4 heteroatoms. The Hall–Kier alpha value is -1.16. The molecule has 1 heterocycles. The van der Waals surface area contributed by atoms with Gasteiger partial charge in [-0.15, -0.1) is 0 Å². The smallest absolute Gasteiger partial charge is 0.225 e. The second-order valence-corrected chi connectivity index (χ2v) is 3.91. The first kappa shape index (κ1) is 12.9. The fourth-order valence-electron chi connectivity index (χ4n) is 1.66. The molecule has 90 valence electrons. The summed E-state index contributed by atoms with van der Waals surface area (Å²) in [5, 5.41) is 3.09. The van der Waals surface area contributed by atoms with Gasteiger partial charge in [0, 0.05) is 37.6 Å². The molecule has 0 amide bonds. The van der Waals surface area contributed by atoms with Crippen molar-refractivity contribution in [1.82, 2.24) is 15.3 Å². The molecule has 0 aromatic carbocycles. The van der Waals surface area contributed by atoms with Gasteiger partial charge in [-0.1, -0.05) is 13.8 Å². The first-order chi connectivity index (χ1) is 7.81. The molecule has 0 spiro atoms. The topological polar surface area (TPSA) is 41.1 Å². The third kappa shape index (κ3) is 3.77. The summed E-state index contributed by atoms with van der Waals surface area (Å²) in [5.74, 6) is 0.851. The fraction of sp³-hybridized carbons (Fsp3) is 0.667. The van der Waals surface area contributed by atoms with Gasteiger partial charge in [-0.25, -0.2) is 9.97 Å². The van der Waals surface area contributed by atoms with Crippen molar-refractivity contribution < 1.29 is 0 Å². The third-order valence-corrected chi connectivity index (χ3v) is 2.34. The minimum atomic E-state index is 0.821. The molecule has 16 heavy (non-hydrogen) atoms. The lowest BCUT2D eigenvalue weighted by Gasteiger charge is -2.21. The first-order valence-electron chi connectivity index (χ1n) is 6.02. The SMILES string of the molecule is CCCN(CCC)c1ncc(CNC)cn1. The van der Waals surface area contributed by atoms with E-state index >= 15 is 0 Å². The molecule has 0 atom stereocenters. The van der Waals surface area contributed by atoms with E-state index in [9.17, 15) is 0 Å². The van der Waals surface area contributed by atoms with Crippen molar-refractivity contribution in [3.63, 3.8) is 0 Å². The Balaban J connectivity index is 2.68. The van der Waals surface area contributed by atoms with E-state index in [2.05, 4.69) is 34.0 Å². The van der Waals surface area contributed by atoms with Crippen LogP contribution in [0, 0.1) is 0 Å². The van der Waals surface area contributed by atoms with E-state index in [1.54, 1.807) is 0 Å². The zero-order valence-corrected chi connectivity index (χ0v) is 10.5. The van der Waals surface area contributed by atoms with Gasteiger partial charge >= 0.3 is 0 Å². The van der Waals surface area contributed by atoms with Gasteiger partial charge in [-0.2, -0.15) is 0 Å². The standard InChI is InChI=1S/C12H22N4/c1-4-6-16(7-5-2)12-14-9-11(8-13-3)10-15-12/h9-10,13H,4-8H2,1-3H3. The zero-order valence-electron chi connectivity index (χ0n) is 10.5. The summed E-state index contributed by atoms with van der Waals surface area (Å²) >= 11 is 0. The minimum absolute atomic E-state index is 0.821. The number of aromatic nitrogens is 2. The molecular formula is C12H22N4. The van der Waals surface area contributed by atoms with Gasteiger partial charge in [-0.05, 0) is 19.9 Å². The molecule has 0 aliphatic carbocycles. The van der Waals surface area contributed by atoms with Crippen molar-refractivity contribution in [3.8, 4) is 0 Å². The van der Waals surface area contributed by atoms with E-state index in [4.69, 9.17) is 0 Å². The van der Waals surface area contributed by atoms with Gasteiger partial charge in [0.2, 0.25) is 5.95 Å². The molecule has 0 saturated carbocycles. The third-order valence-electron chi connectivity index (χ3n) is 2.34. The molecule has 1 N–H and O–H groups in total. The van der Waals surface area contributed by atoms with Gasteiger partial charge in [-0.3, -0.25) is 0 Å². The Bertz CT molecular complexity index is 278. The van der Waals surface area contributed by atoms with Gasteiger partial charge in [0.25, 0.3) is 0 Å². The quantitative estimate of drug-likeness (QED) is 0.764. The highest BCUT2D eigenvalue weighted by Gasteiger charge is 2.06. The molecule has 1 aromatic rings. The lowest BCUT2D eigenvalue weighted by molar-refractivity contribution is 0.717. The second kappa shape index (κ2) is 7.17. The van der Waals surface area contributed by atoms with Crippen LogP contribution in [0.1, 0.15) is 32.3 Å². The van der Waals surface area contributed by atoms with Crippen molar-refractivity contribution in [2.45, 2.75) is 33.2 Å². The molecule has 0 fully saturated rings. The Labute approximate surface area is 98.1 Å². The van der Waals surface area contributed by atoms with Gasteiger partial charge in [0.05, 0.1) is 0 Å². The molecule has 0 aliphatic heterocycles. The van der Waals surface area contributed by atoms with Gasteiger partial charge in [0.1, 0.15) is 0 Å². The average molecular weight is 222 g/mol. The van der Waals surface area contributed by atoms with E-state index < -0.39 is 0 Å². The highest BCUT2D eigenvalue weighted by atomic mass is 15.2. The molecule has 0 bridgehead atoms. The highest BCUT2D eigenvalue weighted by Crippen LogP contribution is 2.08. The fourth-order valence-corrected chi connectivity index (χ4v) is 1.66. The summed E-state index contributed by atoms with van der Waals surface area (Å²) in [6, 6.07) is 0. The maximum absolute atomic E-state index is 4.41. The molecule has 0 saturated heterocycles. The molecule has 1 rings (SSSR count). The van der Waals surface area contributed by atoms with Crippen LogP contribution in [0.5, 0.6) is 0 Å². The summed E-state index contributed by atoms with van der Waals surface area (Å²) in [4.78, 5) is 11.1.